The summed E-state index contributed by atoms with van der Waals surface area (Å²) in [6.07, 6.45) is 0. The normalized spacial score (nSPS) is 0.750. The van der Waals surface area contributed by atoms with Crippen LogP contribution in [0.2, 0.25) is 0 Å². The van der Waals surface area contributed by atoms with E-state index in [0.29, 0.717) is 0 Å². The van der Waals surface area contributed by atoms with Gasteiger partial charge in [-0.2, -0.15) is 0 Å². The molecule has 0 saturated carbocycles. The molecule has 0 heterocycles. The van der Waals surface area contributed by atoms with Gasteiger partial charge in [-0.15, -0.1) is 0 Å². The average Bonchev–Trinajstić information content (AvgIpc) is 1.00. The molecule has 0 aromatic carbocycles. The predicted molar refractivity (Wildman–Crippen MR) is 0.686 cm³/mol. The van der Waals surface area contributed by atoms with Crippen molar-refractivity contribution in [2.75, 3.05) is 0 Å². The molecule has 0 aromatic rings. The van der Waals surface area contributed by atoms with Gasteiger partial charge in [-0.25, -0.2) is 0 Å². The van der Waals surface area contributed by atoms with Crippen LogP contribution < -0.4 is 0 Å². The van der Waals surface area contributed by atoms with Crippen molar-refractivity contribution in [3.05, 3.63) is 0 Å². The quantitative estimate of drug-likeness (QED) is 0.451. The van der Waals surface area contributed by atoms with E-state index >= 15 is 0 Å². The first-order valence-electron chi connectivity index (χ1n) is 0.204. The molecule has 0 unspecified atom stereocenters. The van der Waals surface area contributed by atoms with Crippen LogP contribution >= 0.6 is 0 Å². The minimum absolute atomic E-state index is 0. The summed E-state index contributed by atoms with van der Waals surface area (Å²) in [6, 6.07) is 0. The van der Waals surface area contributed by atoms with Crippen LogP contribution in [0.4, 0.5) is 0 Å². The van der Waals surface area contributed by atoms with Gasteiger partial charge < -0.3 is 0 Å². The fraction of sp³-hybridized carbons (Fsp3) is 0. The molecule has 0 aliphatic carbocycles. The van der Waals surface area contributed by atoms with Crippen molar-refractivity contribution < 1.29 is 67.2 Å². The molecule has 0 bridgehead atoms. The van der Waals surface area contributed by atoms with Gasteiger partial charge in [0.15, 0.2) is 0 Å². The number of hydrogen-bond donors (Lipinski definition) is 0. The van der Waals surface area contributed by atoms with Crippen molar-refractivity contribution in [1.82, 2.24) is 0 Å². The monoisotopic (exact) mass is 160 g/mol. The Bertz CT molecular complexity index is 3.25. The van der Waals surface area contributed by atoms with E-state index in [4.69, 9.17) is 3.32 Å². The zero-order valence-electron chi connectivity index (χ0n) is 1.91. The maximum Gasteiger partial charge on any atom is 0 e. The van der Waals surface area contributed by atoms with E-state index in [1.165, 1.54) is 0 Å². The maximum absolute atomic E-state index is 8.25. The largest absolute Gasteiger partial charge is 0 e. The Morgan fingerprint density at radius 2 is 1.00 bits per heavy atom. The summed E-state index contributed by atoms with van der Waals surface area (Å²) in [5, 5.41) is 0. The van der Waals surface area contributed by atoms with Crippen LogP contribution in [0.5, 0.6) is 0 Å². The van der Waals surface area contributed by atoms with Crippen LogP contribution in [0, 0.1) is 0 Å². The fourth-order valence-corrected chi connectivity index (χ4v) is 0. The zero-order chi connectivity index (χ0) is 2.00. The molecule has 0 N–H and O–H groups in total. The second-order valence-corrected chi connectivity index (χ2v) is 0. The first kappa shape index (κ1) is 16.8. The molecule has 18 valence electrons. The third-order valence-electron chi connectivity index (χ3n) is 0. The van der Waals surface area contributed by atoms with Crippen LogP contribution in [0.15, 0.2) is 0 Å². The molecule has 0 saturated heterocycles. The Morgan fingerprint density at radius 3 is 1.00 bits per heavy atom. The van der Waals surface area contributed by atoms with Gasteiger partial charge in [0.05, 0.1) is 0 Å². The Morgan fingerprint density at radius 1 is 1.00 bits per heavy atom. The summed E-state index contributed by atoms with van der Waals surface area (Å²) in [5.74, 6) is 0. The molecule has 0 aromatic heterocycles. The first-order valence-corrected chi connectivity index (χ1v) is 0.842. The van der Waals surface area contributed by atoms with Crippen LogP contribution in [-0.4, -0.2) is 0 Å². The molecule has 0 atom stereocenters. The summed E-state index contributed by atoms with van der Waals surface area (Å²) in [7, 11) is 0. The standard InChI is InChI=1S/O.3Ti. The average molecular weight is 160 g/mol. The van der Waals surface area contributed by atoms with Crippen LogP contribution in [0.1, 0.15) is 0 Å². The van der Waals surface area contributed by atoms with Crippen LogP contribution in [0.3, 0.4) is 0 Å². The van der Waals surface area contributed by atoms with E-state index in [-0.39, 0.29) is 43.4 Å². The van der Waals surface area contributed by atoms with Gasteiger partial charge in [0, 0.05) is 43.4 Å². The number of rotatable bonds is 0. The van der Waals surface area contributed by atoms with Gasteiger partial charge in [-0.05, 0) is 0 Å². The molecule has 4 heavy (non-hydrogen) atoms. The summed E-state index contributed by atoms with van der Waals surface area (Å²) in [5.41, 5.74) is 0. The van der Waals surface area contributed by atoms with Crippen molar-refractivity contribution in [3.63, 3.8) is 0 Å². The van der Waals surface area contributed by atoms with E-state index in [1.807, 2.05) is 0 Å². The molecule has 0 fully saturated rings. The second kappa shape index (κ2) is 20.4. The summed E-state index contributed by atoms with van der Waals surface area (Å²) >= 11 is 0.750. The van der Waals surface area contributed by atoms with Gasteiger partial charge in [0.25, 0.3) is 0 Å². The van der Waals surface area contributed by atoms with Crippen molar-refractivity contribution in [3.8, 4) is 0 Å². The van der Waals surface area contributed by atoms with Crippen LogP contribution in [-0.2, 0) is 67.2 Å². The fourth-order valence-electron chi connectivity index (χ4n) is 0. The third kappa shape index (κ3) is 9.05. The van der Waals surface area contributed by atoms with Crippen molar-refractivity contribution in [2.24, 2.45) is 0 Å². The minimum atomic E-state index is 0. The van der Waals surface area contributed by atoms with E-state index < -0.39 is 0 Å². The Balaban J connectivity index is -0.00000000500. The number of hydrogen-bond acceptors (Lipinski definition) is 1. The molecule has 4 heteroatoms. The van der Waals surface area contributed by atoms with Gasteiger partial charge in [0.2, 0.25) is 0 Å². The van der Waals surface area contributed by atoms with Crippen molar-refractivity contribution >= 4 is 0 Å². The molecular weight excluding hydrogens is 160 g/mol. The topological polar surface area (TPSA) is 17.1 Å². The van der Waals surface area contributed by atoms with Gasteiger partial charge >= 0.3 is 23.7 Å². The van der Waals surface area contributed by atoms with Gasteiger partial charge in [0.1, 0.15) is 0 Å². The summed E-state index contributed by atoms with van der Waals surface area (Å²) < 4.78 is 8.25. The maximum atomic E-state index is 8.25. The van der Waals surface area contributed by atoms with E-state index in [2.05, 4.69) is 0 Å². The van der Waals surface area contributed by atoms with Crippen molar-refractivity contribution in [1.29, 1.82) is 0 Å². The summed E-state index contributed by atoms with van der Waals surface area (Å²) in [6.45, 7) is 0. The molecule has 0 amide bonds. The second-order valence-electron chi connectivity index (χ2n) is 0. The first-order chi connectivity index (χ1) is 1.00. The van der Waals surface area contributed by atoms with Gasteiger partial charge in [-0.3, -0.25) is 0 Å². The Hall–Kier alpha value is 1.94. The van der Waals surface area contributed by atoms with E-state index in [0.717, 1.165) is 20.4 Å². The van der Waals surface area contributed by atoms with Crippen LogP contribution in [0.25, 0.3) is 0 Å². The van der Waals surface area contributed by atoms with Crippen molar-refractivity contribution in [2.45, 2.75) is 0 Å². The molecule has 1 nitrogen and oxygen atoms in total. The molecular formula is OTi3. The zero-order valence-corrected chi connectivity index (χ0v) is 6.59. The third-order valence-corrected chi connectivity index (χ3v) is 0. The SMILES string of the molecule is [O]=[Ti].[Ti].[Ti]. The Kier molecular flexibility index (Phi) is 85.3. The van der Waals surface area contributed by atoms with Gasteiger partial charge in [-0.1, -0.05) is 0 Å². The van der Waals surface area contributed by atoms with E-state index in [1.54, 1.807) is 0 Å². The predicted octanol–water partition coefficient (Wildman–Crippen LogP) is -0.126. The molecule has 0 aliphatic heterocycles. The summed E-state index contributed by atoms with van der Waals surface area (Å²) in [4.78, 5) is 0. The smallest absolute Gasteiger partial charge is 0 e. The van der Waals surface area contributed by atoms with E-state index in [9.17, 15) is 0 Å². The Labute approximate surface area is 66.4 Å². The molecule has 0 radical (unpaired) electrons. The molecule has 0 aliphatic rings. The minimum Gasteiger partial charge on any atom is 0 e. The molecule has 0 spiro atoms. The molecule has 0 rings (SSSR count).